The molecule has 1 saturated carbocycles. The second-order valence-electron chi connectivity index (χ2n) is 6.94. The summed E-state index contributed by atoms with van der Waals surface area (Å²) in [6.45, 7) is 2.55. The Hall–Kier alpha value is -2.67. The van der Waals surface area contributed by atoms with Crippen molar-refractivity contribution in [1.29, 1.82) is 0 Å². The van der Waals surface area contributed by atoms with Crippen LogP contribution in [0.3, 0.4) is 0 Å². The molecule has 0 bridgehead atoms. The number of rotatable bonds is 4. The number of aromatic amines is 1. The van der Waals surface area contributed by atoms with Crippen LogP contribution in [0.5, 0.6) is 0 Å². The number of carbonyl (C=O) groups is 1. The Morgan fingerprint density at radius 1 is 1.31 bits per heavy atom. The molecule has 0 amide bonds. The lowest BCUT2D eigenvalue weighted by atomic mass is 9.82. The second kappa shape index (κ2) is 6.25. The van der Waals surface area contributed by atoms with Crippen molar-refractivity contribution < 1.29 is 14.3 Å². The summed E-state index contributed by atoms with van der Waals surface area (Å²) in [6, 6.07) is 3.59. The third-order valence-electron chi connectivity index (χ3n) is 5.31. The van der Waals surface area contributed by atoms with Crippen LogP contribution in [0, 0.1) is 12.8 Å². The maximum absolute atomic E-state index is 12.4. The van der Waals surface area contributed by atoms with E-state index in [4.69, 9.17) is 9.47 Å². The van der Waals surface area contributed by atoms with Gasteiger partial charge in [0.25, 0.3) is 5.56 Å². The molecule has 2 heterocycles. The number of benzene rings is 1. The summed E-state index contributed by atoms with van der Waals surface area (Å²) in [4.78, 5) is 27.4. The summed E-state index contributed by atoms with van der Waals surface area (Å²) >= 11 is 0. The van der Waals surface area contributed by atoms with Crippen molar-refractivity contribution in [3.05, 3.63) is 39.8 Å². The van der Waals surface area contributed by atoms with Crippen molar-refractivity contribution >= 4 is 27.8 Å². The number of nitrogens with zero attached hydrogens (tertiary/aromatic N) is 2. The Bertz CT molecular complexity index is 1060. The van der Waals surface area contributed by atoms with E-state index in [1.165, 1.54) is 7.11 Å². The maximum atomic E-state index is 12.4. The minimum atomic E-state index is -0.392. The second-order valence-corrected chi connectivity index (χ2v) is 6.94. The van der Waals surface area contributed by atoms with Crippen molar-refractivity contribution in [2.24, 2.45) is 5.92 Å². The summed E-state index contributed by atoms with van der Waals surface area (Å²) < 4.78 is 12.1. The molecule has 1 aliphatic rings. The molecule has 0 unspecified atom stereocenters. The number of aryl methyl sites for hydroxylation is 1. The first kappa shape index (κ1) is 16.8. The van der Waals surface area contributed by atoms with Gasteiger partial charge in [-0.25, -0.2) is 4.79 Å². The lowest BCUT2D eigenvalue weighted by molar-refractivity contribution is -0.00504. The maximum Gasteiger partial charge on any atom is 0.338 e. The van der Waals surface area contributed by atoms with Crippen molar-refractivity contribution in [3.63, 3.8) is 0 Å². The average molecular weight is 355 g/mol. The van der Waals surface area contributed by atoms with Gasteiger partial charge in [0.05, 0.1) is 41.4 Å². The van der Waals surface area contributed by atoms with Gasteiger partial charge in [-0.3, -0.25) is 9.48 Å². The minimum absolute atomic E-state index is 0.174. The summed E-state index contributed by atoms with van der Waals surface area (Å²) in [5.74, 6) is 0.0830. The fraction of sp³-hybridized carbons (Fsp3) is 0.421. The summed E-state index contributed by atoms with van der Waals surface area (Å²) in [5, 5.41) is 5.76. The highest BCUT2D eigenvalue weighted by Gasteiger charge is 2.30. The van der Waals surface area contributed by atoms with E-state index in [1.54, 1.807) is 19.4 Å². The first-order chi connectivity index (χ1) is 12.5. The number of hydrogen-bond acceptors (Lipinski definition) is 5. The van der Waals surface area contributed by atoms with Crippen molar-refractivity contribution in [2.75, 3.05) is 14.2 Å². The van der Waals surface area contributed by atoms with Gasteiger partial charge >= 0.3 is 5.97 Å². The monoisotopic (exact) mass is 355 g/mol. The highest BCUT2D eigenvalue weighted by Crippen LogP contribution is 2.32. The summed E-state index contributed by atoms with van der Waals surface area (Å²) in [5.41, 5.74) is 2.52. The minimum Gasteiger partial charge on any atom is -0.465 e. The van der Waals surface area contributed by atoms with Crippen molar-refractivity contribution in [2.45, 2.75) is 32.4 Å². The lowest BCUT2D eigenvalue weighted by Gasteiger charge is -2.34. The number of H-pyrrole nitrogens is 1. The van der Waals surface area contributed by atoms with E-state index in [0.717, 1.165) is 35.9 Å². The van der Waals surface area contributed by atoms with E-state index in [0.29, 0.717) is 28.5 Å². The largest absolute Gasteiger partial charge is 0.465 e. The lowest BCUT2D eigenvalue weighted by Crippen LogP contribution is -2.33. The number of methoxy groups -OCH3 is 2. The molecule has 7 heteroatoms. The number of hydrogen-bond donors (Lipinski definition) is 1. The molecule has 1 N–H and O–H groups in total. The number of carbonyl (C=O) groups excluding carboxylic acids is 1. The summed E-state index contributed by atoms with van der Waals surface area (Å²) in [6.07, 6.45) is 3.89. The molecular formula is C19H21N3O4. The van der Waals surface area contributed by atoms with Gasteiger partial charge in [0.15, 0.2) is 0 Å². The standard InChI is InChI=1S/C19H21N3O4/c1-10-4-16-14(7-13(10)19(24)26-3)17-15(18(23)21-16)8-20-22(17)9-11-5-12(6-11)25-2/h4,7-8,11-12H,5-6,9H2,1-3H3,(H,21,23). The smallest absolute Gasteiger partial charge is 0.338 e. The number of nitrogens with one attached hydrogen (secondary N) is 1. The van der Waals surface area contributed by atoms with Crippen LogP contribution < -0.4 is 5.56 Å². The van der Waals surface area contributed by atoms with Gasteiger partial charge < -0.3 is 14.5 Å². The number of esters is 1. The van der Waals surface area contributed by atoms with Crippen LogP contribution in [-0.4, -0.2) is 41.1 Å². The van der Waals surface area contributed by atoms with Crippen LogP contribution in [0.25, 0.3) is 21.8 Å². The Balaban J connectivity index is 1.87. The zero-order valence-corrected chi connectivity index (χ0v) is 15.0. The number of fused-ring (bicyclic) bond motifs is 3. The van der Waals surface area contributed by atoms with Crippen LogP contribution in [-0.2, 0) is 16.0 Å². The van der Waals surface area contributed by atoms with E-state index in [1.807, 2.05) is 17.7 Å². The molecule has 1 fully saturated rings. The molecule has 0 aliphatic heterocycles. The Kier molecular flexibility index (Phi) is 4.03. The molecule has 0 radical (unpaired) electrons. The molecule has 1 aliphatic carbocycles. The normalized spacial score (nSPS) is 19.7. The van der Waals surface area contributed by atoms with E-state index in [9.17, 15) is 9.59 Å². The van der Waals surface area contributed by atoms with Gasteiger partial charge in [-0.2, -0.15) is 5.10 Å². The predicted octanol–water partition coefficient (Wildman–Crippen LogP) is 2.40. The zero-order valence-electron chi connectivity index (χ0n) is 15.0. The third kappa shape index (κ3) is 2.59. The highest BCUT2D eigenvalue weighted by molar-refractivity contribution is 6.06. The van der Waals surface area contributed by atoms with Crippen LogP contribution in [0.2, 0.25) is 0 Å². The van der Waals surface area contributed by atoms with E-state index in [-0.39, 0.29) is 5.56 Å². The van der Waals surface area contributed by atoms with Gasteiger partial charge in [0, 0.05) is 19.0 Å². The molecule has 136 valence electrons. The van der Waals surface area contributed by atoms with Crippen molar-refractivity contribution in [3.8, 4) is 0 Å². The van der Waals surface area contributed by atoms with Gasteiger partial charge in [-0.1, -0.05) is 0 Å². The molecule has 0 atom stereocenters. The average Bonchev–Trinajstić information content (AvgIpc) is 3.01. The van der Waals surface area contributed by atoms with Gasteiger partial charge in [-0.05, 0) is 43.4 Å². The Labute approximate surface area is 149 Å². The van der Waals surface area contributed by atoms with E-state index < -0.39 is 5.97 Å². The first-order valence-electron chi connectivity index (χ1n) is 8.65. The molecule has 7 nitrogen and oxygen atoms in total. The van der Waals surface area contributed by atoms with E-state index >= 15 is 0 Å². The van der Waals surface area contributed by atoms with Crippen LogP contribution in [0.1, 0.15) is 28.8 Å². The van der Waals surface area contributed by atoms with Crippen LogP contribution >= 0.6 is 0 Å². The quantitative estimate of drug-likeness (QED) is 0.726. The molecule has 26 heavy (non-hydrogen) atoms. The zero-order chi connectivity index (χ0) is 18.4. The van der Waals surface area contributed by atoms with Gasteiger partial charge in [0.2, 0.25) is 0 Å². The molecule has 0 saturated heterocycles. The fourth-order valence-corrected chi connectivity index (χ4v) is 3.76. The van der Waals surface area contributed by atoms with Gasteiger partial charge in [0.1, 0.15) is 0 Å². The molecule has 4 rings (SSSR count). The molecule has 1 aromatic carbocycles. The highest BCUT2D eigenvalue weighted by atomic mass is 16.5. The number of ether oxygens (including phenoxy) is 2. The van der Waals surface area contributed by atoms with Gasteiger partial charge in [-0.15, -0.1) is 0 Å². The van der Waals surface area contributed by atoms with E-state index in [2.05, 4.69) is 10.1 Å². The SMILES string of the molecule is COC(=O)c1cc2c(cc1C)[nH]c(=O)c1cnn(CC3CC(OC)C3)c12. The van der Waals surface area contributed by atoms with Crippen LogP contribution in [0.4, 0.5) is 0 Å². The number of aromatic nitrogens is 3. The van der Waals surface area contributed by atoms with Crippen molar-refractivity contribution in [1.82, 2.24) is 14.8 Å². The topological polar surface area (TPSA) is 86.2 Å². The molecule has 2 aromatic heterocycles. The summed E-state index contributed by atoms with van der Waals surface area (Å²) in [7, 11) is 3.09. The Morgan fingerprint density at radius 2 is 2.08 bits per heavy atom. The fourth-order valence-electron chi connectivity index (χ4n) is 3.76. The molecule has 3 aromatic rings. The molecule has 0 spiro atoms. The number of pyridine rings is 1. The first-order valence-corrected chi connectivity index (χ1v) is 8.65. The Morgan fingerprint density at radius 3 is 2.77 bits per heavy atom. The molecular weight excluding hydrogens is 334 g/mol. The predicted molar refractivity (Wildman–Crippen MR) is 97.5 cm³/mol. The van der Waals surface area contributed by atoms with Crippen LogP contribution in [0.15, 0.2) is 23.1 Å². The third-order valence-corrected chi connectivity index (χ3v) is 5.31.